The van der Waals surface area contributed by atoms with E-state index in [4.69, 9.17) is 9.47 Å². The number of methoxy groups -OCH3 is 1. The Morgan fingerprint density at radius 3 is 3.06 bits per heavy atom. The quantitative estimate of drug-likeness (QED) is 0.822. The van der Waals surface area contributed by atoms with Crippen molar-refractivity contribution >= 4 is 5.69 Å². The molecule has 1 fully saturated rings. The second-order valence-electron chi connectivity index (χ2n) is 4.44. The van der Waals surface area contributed by atoms with Crippen LogP contribution in [0.5, 0.6) is 0 Å². The molecule has 1 unspecified atom stereocenters. The van der Waals surface area contributed by atoms with Crippen molar-refractivity contribution in [2.45, 2.75) is 32.0 Å². The molecular weight excluding hydrogens is 214 g/mol. The average Bonchev–Trinajstić information content (AvgIpc) is 2.85. The summed E-state index contributed by atoms with van der Waals surface area (Å²) in [6.45, 7) is 2.55. The van der Waals surface area contributed by atoms with Crippen molar-refractivity contribution in [3.05, 3.63) is 29.8 Å². The second kappa shape index (κ2) is 6.62. The molecule has 1 heterocycles. The SMILES string of the molecule is COCc1ccccc1NCCC1CCCO1. The number of anilines is 1. The Labute approximate surface area is 103 Å². The van der Waals surface area contributed by atoms with E-state index >= 15 is 0 Å². The molecule has 1 saturated heterocycles. The van der Waals surface area contributed by atoms with E-state index in [2.05, 4.69) is 17.4 Å². The van der Waals surface area contributed by atoms with E-state index in [-0.39, 0.29) is 0 Å². The summed E-state index contributed by atoms with van der Waals surface area (Å²) < 4.78 is 10.8. The predicted octanol–water partition coefficient (Wildman–Crippen LogP) is 2.81. The predicted molar refractivity (Wildman–Crippen MR) is 69.2 cm³/mol. The molecule has 94 valence electrons. The number of para-hydroxylation sites is 1. The van der Waals surface area contributed by atoms with E-state index in [1.807, 2.05) is 12.1 Å². The lowest BCUT2D eigenvalue weighted by Crippen LogP contribution is -2.13. The van der Waals surface area contributed by atoms with Gasteiger partial charge in [-0.3, -0.25) is 0 Å². The van der Waals surface area contributed by atoms with Crippen LogP contribution < -0.4 is 5.32 Å². The number of rotatable bonds is 6. The van der Waals surface area contributed by atoms with Gasteiger partial charge in [0.25, 0.3) is 0 Å². The van der Waals surface area contributed by atoms with Gasteiger partial charge in [0, 0.05) is 31.5 Å². The van der Waals surface area contributed by atoms with Gasteiger partial charge in [0.1, 0.15) is 0 Å². The van der Waals surface area contributed by atoms with E-state index in [1.54, 1.807) is 7.11 Å². The first-order chi connectivity index (χ1) is 8.40. The van der Waals surface area contributed by atoms with E-state index in [9.17, 15) is 0 Å². The number of hydrogen-bond donors (Lipinski definition) is 1. The van der Waals surface area contributed by atoms with Crippen LogP contribution in [-0.4, -0.2) is 26.4 Å². The zero-order valence-corrected chi connectivity index (χ0v) is 10.4. The maximum atomic E-state index is 5.60. The molecule has 0 radical (unpaired) electrons. The minimum atomic E-state index is 0.456. The molecule has 1 aliphatic rings. The van der Waals surface area contributed by atoms with Gasteiger partial charge in [0.05, 0.1) is 12.7 Å². The van der Waals surface area contributed by atoms with Crippen LogP contribution in [0.4, 0.5) is 5.69 Å². The zero-order chi connectivity index (χ0) is 11.9. The van der Waals surface area contributed by atoms with Crippen LogP contribution in [0.3, 0.4) is 0 Å². The third-order valence-electron chi connectivity index (χ3n) is 3.12. The first-order valence-electron chi connectivity index (χ1n) is 6.32. The monoisotopic (exact) mass is 235 g/mol. The summed E-state index contributed by atoms with van der Waals surface area (Å²) in [6.07, 6.45) is 3.96. The molecule has 1 atom stereocenters. The van der Waals surface area contributed by atoms with Crippen LogP contribution in [0.15, 0.2) is 24.3 Å². The second-order valence-corrected chi connectivity index (χ2v) is 4.44. The van der Waals surface area contributed by atoms with Crippen LogP contribution >= 0.6 is 0 Å². The normalized spacial score (nSPS) is 19.5. The highest BCUT2D eigenvalue weighted by molar-refractivity contribution is 5.50. The van der Waals surface area contributed by atoms with Gasteiger partial charge in [-0.15, -0.1) is 0 Å². The Hall–Kier alpha value is -1.06. The van der Waals surface area contributed by atoms with Gasteiger partial charge < -0.3 is 14.8 Å². The summed E-state index contributed by atoms with van der Waals surface area (Å²) in [5.41, 5.74) is 2.38. The van der Waals surface area contributed by atoms with Crippen LogP contribution in [0.2, 0.25) is 0 Å². The fraction of sp³-hybridized carbons (Fsp3) is 0.571. The van der Waals surface area contributed by atoms with Crippen LogP contribution in [0.25, 0.3) is 0 Å². The third kappa shape index (κ3) is 3.72. The Morgan fingerprint density at radius 1 is 1.41 bits per heavy atom. The number of ether oxygens (including phenoxy) is 2. The molecule has 0 saturated carbocycles. The molecule has 1 aromatic rings. The van der Waals surface area contributed by atoms with Crippen molar-refractivity contribution < 1.29 is 9.47 Å². The maximum Gasteiger partial charge on any atom is 0.0733 e. The molecule has 0 aliphatic carbocycles. The van der Waals surface area contributed by atoms with Gasteiger partial charge in [0.2, 0.25) is 0 Å². The highest BCUT2D eigenvalue weighted by Crippen LogP contribution is 2.18. The Balaban J connectivity index is 1.80. The molecule has 0 aromatic heterocycles. The number of benzene rings is 1. The fourth-order valence-electron chi connectivity index (χ4n) is 2.21. The van der Waals surface area contributed by atoms with Gasteiger partial charge >= 0.3 is 0 Å². The lowest BCUT2D eigenvalue weighted by atomic mass is 10.1. The summed E-state index contributed by atoms with van der Waals surface area (Å²) in [6, 6.07) is 8.29. The van der Waals surface area contributed by atoms with Gasteiger partial charge in [0.15, 0.2) is 0 Å². The highest BCUT2D eigenvalue weighted by atomic mass is 16.5. The van der Waals surface area contributed by atoms with E-state index in [1.165, 1.54) is 24.1 Å². The first kappa shape index (κ1) is 12.4. The molecule has 3 heteroatoms. The summed E-state index contributed by atoms with van der Waals surface area (Å²) >= 11 is 0. The molecule has 0 spiro atoms. The zero-order valence-electron chi connectivity index (χ0n) is 10.4. The Bertz CT molecular complexity index is 335. The van der Waals surface area contributed by atoms with Crippen molar-refractivity contribution in [1.82, 2.24) is 0 Å². The molecule has 1 N–H and O–H groups in total. The minimum absolute atomic E-state index is 0.456. The Kier molecular flexibility index (Phi) is 4.83. The largest absolute Gasteiger partial charge is 0.385 e. The van der Waals surface area contributed by atoms with Crippen molar-refractivity contribution in [1.29, 1.82) is 0 Å². The van der Waals surface area contributed by atoms with Crippen LogP contribution in [0.1, 0.15) is 24.8 Å². The molecule has 3 nitrogen and oxygen atoms in total. The first-order valence-corrected chi connectivity index (χ1v) is 6.32. The molecule has 17 heavy (non-hydrogen) atoms. The average molecular weight is 235 g/mol. The molecule has 2 rings (SSSR count). The van der Waals surface area contributed by atoms with E-state index in [0.29, 0.717) is 12.7 Å². The van der Waals surface area contributed by atoms with Crippen LogP contribution in [0, 0.1) is 0 Å². The van der Waals surface area contributed by atoms with Crippen LogP contribution in [-0.2, 0) is 16.1 Å². The molecule has 0 bridgehead atoms. The smallest absolute Gasteiger partial charge is 0.0733 e. The summed E-state index contributed by atoms with van der Waals surface area (Å²) in [4.78, 5) is 0. The Morgan fingerprint density at radius 2 is 2.29 bits per heavy atom. The fourth-order valence-corrected chi connectivity index (χ4v) is 2.21. The molecular formula is C14H21NO2. The number of nitrogens with one attached hydrogen (secondary N) is 1. The maximum absolute atomic E-state index is 5.60. The molecule has 1 aromatic carbocycles. The van der Waals surface area contributed by atoms with E-state index < -0.39 is 0 Å². The van der Waals surface area contributed by atoms with Gasteiger partial charge in [-0.05, 0) is 25.3 Å². The van der Waals surface area contributed by atoms with Crippen molar-refractivity contribution in [2.24, 2.45) is 0 Å². The summed E-state index contributed by atoms with van der Waals surface area (Å²) in [5.74, 6) is 0. The van der Waals surface area contributed by atoms with Crippen molar-refractivity contribution in [3.63, 3.8) is 0 Å². The third-order valence-corrected chi connectivity index (χ3v) is 3.12. The lowest BCUT2D eigenvalue weighted by molar-refractivity contribution is 0.107. The highest BCUT2D eigenvalue weighted by Gasteiger charge is 2.14. The van der Waals surface area contributed by atoms with Gasteiger partial charge in [-0.1, -0.05) is 18.2 Å². The number of hydrogen-bond acceptors (Lipinski definition) is 3. The molecule has 0 amide bonds. The van der Waals surface area contributed by atoms with Gasteiger partial charge in [-0.2, -0.15) is 0 Å². The molecule has 1 aliphatic heterocycles. The van der Waals surface area contributed by atoms with Crippen molar-refractivity contribution in [2.75, 3.05) is 25.6 Å². The van der Waals surface area contributed by atoms with Crippen molar-refractivity contribution in [3.8, 4) is 0 Å². The van der Waals surface area contributed by atoms with E-state index in [0.717, 1.165) is 19.6 Å². The standard InChI is InChI=1S/C14H21NO2/c1-16-11-12-5-2-3-7-14(12)15-9-8-13-6-4-10-17-13/h2-3,5,7,13,15H,4,6,8-11H2,1H3. The summed E-state index contributed by atoms with van der Waals surface area (Å²) in [5, 5.41) is 3.46. The summed E-state index contributed by atoms with van der Waals surface area (Å²) in [7, 11) is 1.73. The topological polar surface area (TPSA) is 30.5 Å². The van der Waals surface area contributed by atoms with Gasteiger partial charge in [-0.25, -0.2) is 0 Å². The lowest BCUT2D eigenvalue weighted by Gasteiger charge is -2.13. The minimum Gasteiger partial charge on any atom is -0.385 e.